The lowest BCUT2D eigenvalue weighted by atomic mass is 9.89. The summed E-state index contributed by atoms with van der Waals surface area (Å²) in [6, 6.07) is 4.42. The number of rotatable bonds is 5. The van der Waals surface area contributed by atoms with Crippen molar-refractivity contribution >= 4 is 40.7 Å². The van der Waals surface area contributed by atoms with Gasteiger partial charge in [-0.15, -0.1) is 0 Å². The highest BCUT2D eigenvalue weighted by Crippen LogP contribution is 2.32. The summed E-state index contributed by atoms with van der Waals surface area (Å²) in [5, 5.41) is 5.82. The first-order chi connectivity index (χ1) is 13.7. The second-order valence-corrected chi connectivity index (χ2v) is 7.82. The van der Waals surface area contributed by atoms with Crippen LogP contribution in [-0.2, 0) is 6.18 Å². The Bertz CT molecular complexity index is 866. The third kappa shape index (κ3) is 5.96. The van der Waals surface area contributed by atoms with E-state index in [1.54, 1.807) is 0 Å². The van der Waals surface area contributed by atoms with E-state index in [0.717, 1.165) is 38.3 Å². The van der Waals surface area contributed by atoms with Crippen molar-refractivity contribution in [3.8, 4) is 0 Å². The lowest BCUT2D eigenvalue weighted by Gasteiger charge is -2.22. The molecule has 1 saturated carbocycles. The van der Waals surface area contributed by atoms with Crippen LogP contribution in [0.25, 0.3) is 0 Å². The molecule has 1 aromatic carbocycles. The Morgan fingerprint density at radius 2 is 1.76 bits per heavy atom. The second-order valence-electron chi connectivity index (χ2n) is 6.95. The van der Waals surface area contributed by atoms with Crippen LogP contribution in [0.4, 0.5) is 24.8 Å². The molecule has 2 aromatic rings. The lowest BCUT2D eigenvalue weighted by molar-refractivity contribution is -0.141. The molecular weight excluding hydrogens is 428 g/mol. The first-order valence-corrected chi connectivity index (χ1v) is 9.93. The minimum atomic E-state index is -4.82. The number of hydrogen-bond donors (Lipinski definition) is 2. The Hall–Kier alpha value is -2.06. The summed E-state index contributed by atoms with van der Waals surface area (Å²) in [4.78, 5) is 19.7. The molecule has 5 nitrogen and oxygen atoms in total. The molecule has 1 aliphatic rings. The van der Waals surface area contributed by atoms with E-state index in [1.165, 1.54) is 18.2 Å². The number of halogens is 5. The van der Waals surface area contributed by atoms with Gasteiger partial charge in [0, 0.05) is 28.5 Å². The molecule has 0 unspecified atom stereocenters. The fourth-order valence-electron chi connectivity index (χ4n) is 3.30. The number of nitrogens with one attached hydrogen (secondary N) is 2. The Labute approximate surface area is 176 Å². The molecule has 0 bridgehead atoms. The van der Waals surface area contributed by atoms with Gasteiger partial charge in [-0.25, -0.2) is 9.97 Å². The van der Waals surface area contributed by atoms with E-state index in [4.69, 9.17) is 23.2 Å². The van der Waals surface area contributed by atoms with Crippen LogP contribution in [0, 0.1) is 5.92 Å². The Balaban J connectivity index is 1.79. The average Bonchev–Trinajstić information content (AvgIpc) is 2.65. The molecule has 1 aliphatic carbocycles. The van der Waals surface area contributed by atoms with E-state index in [9.17, 15) is 18.0 Å². The molecule has 10 heteroatoms. The van der Waals surface area contributed by atoms with Crippen LogP contribution in [0.15, 0.2) is 24.4 Å². The van der Waals surface area contributed by atoms with Crippen LogP contribution < -0.4 is 10.6 Å². The first kappa shape index (κ1) is 21.6. The molecule has 1 fully saturated rings. The normalized spacial score (nSPS) is 15.2. The Morgan fingerprint density at radius 1 is 1.10 bits per heavy atom. The van der Waals surface area contributed by atoms with Crippen LogP contribution in [0.3, 0.4) is 0 Å². The maximum atomic E-state index is 13.5. The Morgan fingerprint density at radius 3 is 2.38 bits per heavy atom. The van der Waals surface area contributed by atoms with Gasteiger partial charge in [0.2, 0.25) is 5.95 Å². The lowest BCUT2D eigenvalue weighted by Crippen LogP contribution is -2.32. The highest BCUT2D eigenvalue weighted by Gasteiger charge is 2.38. The molecule has 0 atom stereocenters. The maximum Gasteiger partial charge on any atom is 0.434 e. The number of amides is 1. The minimum absolute atomic E-state index is 0.288. The van der Waals surface area contributed by atoms with Crippen LogP contribution in [0.1, 0.15) is 48.2 Å². The summed E-state index contributed by atoms with van der Waals surface area (Å²) in [6.07, 6.45) is 1.30. The highest BCUT2D eigenvalue weighted by molar-refractivity contribution is 6.35. The summed E-state index contributed by atoms with van der Waals surface area (Å²) in [5.74, 6) is -0.865. The number of hydrogen-bond acceptors (Lipinski definition) is 4. The number of aromatic nitrogens is 2. The van der Waals surface area contributed by atoms with Gasteiger partial charge in [-0.05, 0) is 37.0 Å². The van der Waals surface area contributed by atoms with E-state index in [2.05, 4.69) is 20.6 Å². The van der Waals surface area contributed by atoms with Crippen molar-refractivity contribution in [3.05, 3.63) is 45.7 Å². The summed E-state index contributed by atoms with van der Waals surface area (Å²) >= 11 is 11.8. The first-order valence-electron chi connectivity index (χ1n) is 9.18. The Kier molecular flexibility index (Phi) is 6.85. The topological polar surface area (TPSA) is 66.9 Å². The molecule has 0 spiro atoms. The molecule has 2 N–H and O–H groups in total. The van der Waals surface area contributed by atoms with Gasteiger partial charge >= 0.3 is 6.18 Å². The molecule has 1 aromatic heterocycles. The highest BCUT2D eigenvalue weighted by atomic mass is 35.5. The van der Waals surface area contributed by atoms with Crippen LogP contribution >= 0.6 is 23.2 Å². The van der Waals surface area contributed by atoms with Crippen molar-refractivity contribution in [2.24, 2.45) is 5.92 Å². The number of nitrogens with zero attached hydrogens (tertiary/aromatic N) is 2. The zero-order chi connectivity index (χ0) is 21.0. The zero-order valence-corrected chi connectivity index (χ0v) is 16.8. The standard InChI is InChI=1S/C19H19Cl2F3N4O/c20-12-6-13(21)8-14(7-12)27-18-26-10-15(16(28-18)19(22,23)24)17(29)25-9-11-4-2-1-3-5-11/h6-8,10-11H,1-5,9H2,(H,25,29)(H,26,27,28). The molecule has 29 heavy (non-hydrogen) atoms. The average molecular weight is 447 g/mol. The van der Waals surface area contributed by atoms with Crippen LogP contribution in [-0.4, -0.2) is 22.4 Å². The van der Waals surface area contributed by atoms with Gasteiger partial charge in [-0.3, -0.25) is 4.79 Å². The number of carbonyl (C=O) groups is 1. The maximum absolute atomic E-state index is 13.5. The molecule has 0 aliphatic heterocycles. The smallest absolute Gasteiger partial charge is 0.352 e. The molecule has 1 amide bonds. The van der Waals surface area contributed by atoms with Gasteiger partial charge in [0.1, 0.15) is 0 Å². The molecular formula is C19H19Cl2F3N4O. The van der Waals surface area contributed by atoms with Gasteiger partial charge in [-0.1, -0.05) is 42.5 Å². The van der Waals surface area contributed by atoms with E-state index in [0.29, 0.717) is 22.3 Å². The van der Waals surface area contributed by atoms with Gasteiger partial charge in [0.25, 0.3) is 5.91 Å². The van der Waals surface area contributed by atoms with E-state index in [-0.39, 0.29) is 11.9 Å². The van der Waals surface area contributed by atoms with Gasteiger partial charge in [0.05, 0.1) is 5.56 Å². The predicted molar refractivity (Wildman–Crippen MR) is 106 cm³/mol. The third-order valence-corrected chi connectivity index (χ3v) is 5.13. The predicted octanol–water partition coefficient (Wildman–Crippen LogP) is 5.86. The second kappa shape index (κ2) is 9.17. The summed E-state index contributed by atoms with van der Waals surface area (Å²) in [7, 11) is 0. The van der Waals surface area contributed by atoms with E-state index < -0.39 is 23.3 Å². The number of anilines is 2. The van der Waals surface area contributed by atoms with Crippen molar-refractivity contribution < 1.29 is 18.0 Å². The quantitative estimate of drug-likeness (QED) is 0.603. The van der Waals surface area contributed by atoms with E-state index in [1.807, 2.05) is 0 Å². The van der Waals surface area contributed by atoms with Crippen molar-refractivity contribution in [2.45, 2.75) is 38.3 Å². The molecule has 156 valence electrons. The van der Waals surface area contributed by atoms with Crippen LogP contribution in [0.2, 0.25) is 10.0 Å². The zero-order valence-electron chi connectivity index (χ0n) is 15.3. The number of carbonyl (C=O) groups excluding carboxylic acids is 1. The summed E-state index contributed by atoms with van der Waals surface area (Å²) < 4.78 is 40.5. The van der Waals surface area contributed by atoms with E-state index >= 15 is 0 Å². The van der Waals surface area contributed by atoms with Gasteiger partial charge < -0.3 is 10.6 Å². The summed E-state index contributed by atoms with van der Waals surface area (Å²) in [5.41, 5.74) is -1.59. The molecule has 0 radical (unpaired) electrons. The fraction of sp³-hybridized carbons (Fsp3) is 0.421. The van der Waals surface area contributed by atoms with Crippen LogP contribution in [0.5, 0.6) is 0 Å². The van der Waals surface area contributed by atoms with Crippen molar-refractivity contribution in [1.82, 2.24) is 15.3 Å². The largest absolute Gasteiger partial charge is 0.434 e. The number of alkyl halides is 3. The SMILES string of the molecule is O=C(NCC1CCCCC1)c1cnc(Nc2cc(Cl)cc(Cl)c2)nc1C(F)(F)F. The third-order valence-electron chi connectivity index (χ3n) is 4.70. The monoisotopic (exact) mass is 446 g/mol. The summed E-state index contributed by atoms with van der Waals surface area (Å²) in [6.45, 7) is 0.344. The van der Waals surface area contributed by atoms with Crippen molar-refractivity contribution in [1.29, 1.82) is 0 Å². The molecule has 1 heterocycles. The molecule has 3 rings (SSSR count). The minimum Gasteiger partial charge on any atom is -0.352 e. The number of benzene rings is 1. The fourth-order valence-corrected chi connectivity index (χ4v) is 3.83. The van der Waals surface area contributed by atoms with Crippen molar-refractivity contribution in [3.63, 3.8) is 0 Å². The van der Waals surface area contributed by atoms with Gasteiger partial charge in [-0.2, -0.15) is 13.2 Å². The molecule has 0 saturated heterocycles. The van der Waals surface area contributed by atoms with Crippen molar-refractivity contribution in [2.75, 3.05) is 11.9 Å². The van der Waals surface area contributed by atoms with Gasteiger partial charge in [0.15, 0.2) is 5.69 Å².